The van der Waals surface area contributed by atoms with Crippen LogP contribution >= 0.6 is 11.6 Å². The summed E-state index contributed by atoms with van der Waals surface area (Å²) in [6.45, 7) is 3.00. The third-order valence-corrected chi connectivity index (χ3v) is 1.79. The highest BCUT2D eigenvalue weighted by Crippen LogP contribution is 2.20. The highest BCUT2D eigenvalue weighted by atomic mass is 35.5. The molecule has 11 heavy (non-hydrogen) atoms. The quantitative estimate of drug-likeness (QED) is 0.759. The molecule has 0 spiro atoms. The zero-order chi connectivity index (χ0) is 8.27. The summed E-state index contributed by atoms with van der Waals surface area (Å²) in [5.74, 6) is 1.32. The highest BCUT2D eigenvalue weighted by Gasteiger charge is 2.07. The summed E-state index contributed by atoms with van der Waals surface area (Å²) < 4.78 is 5.22. The lowest BCUT2D eigenvalue weighted by Gasteiger charge is -2.05. The van der Waals surface area contributed by atoms with Gasteiger partial charge in [0.15, 0.2) is 5.22 Å². The van der Waals surface area contributed by atoms with E-state index in [1.807, 2.05) is 13.1 Å². The predicted molar refractivity (Wildman–Crippen MR) is 46.1 cm³/mol. The van der Waals surface area contributed by atoms with Crippen LogP contribution in [-0.4, -0.2) is 13.6 Å². The molecule has 0 aliphatic carbocycles. The van der Waals surface area contributed by atoms with Crippen molar-refractivity contribution >= 4 is 11.6 Å². The van der Waals surface area contributed by atoms with Crippen LogP contribution in [0.2, 0.25) is 5.22 Å². The SMILES string of the molecule is CNCC(C)c1ccc(Cl)o1. The first-order chi connectivity index (χ1) is 5.24. The van der Waals surface area contributed by atoms with Crippen molar-refractivity contribution in [1.82, 2.24) is 5.32 Å². The minimum absolute atomic E-state index is 0.382. The average molecular weight is 174 g/mol. The van der Waals surface area contributed by atoms with E-state index in [9.17, 15) is 0 Å². The van der Waals surface area contributed by atoms with Crippen molar-refractivity contribution < 1.29 is 4.42 Å². The zero-order valence-corrected chi connectivity index (χ0v) is 7.48. The molecule has 0 bridgehead atoms. The third-order valence-electron chi connectivity index (χ3n) is 1.59. The molecule has 0 aliphatic rings. The lowest BCUT2D eigenvalue weighted by molar-refractivity contribution is 0.468. The van der Waals surface area contributed by atoms with Crippen LogP contribution in [0.4, 0.5) is 0 Å². The van der Waals surface area contributed by atoms with Crippen molar-refractivity contribution in [3.8, 4) is 0 Å². The molecular formula is C8H12ClNO. The molecule has 62 valence electrons. The molecule has 0 aromatic carbocycles. The summed E-state index contributed by atoms with van der Waals surface area (Å²) in [6.07, 6.45) is 0. The van der Waals surface area contributed by atoms with Crippen LogP contribution in [0.15, 0.2) is 16.5 Å². The van der Waals surface area contributed by atoms with Crippen molar-refractivity contribution in [1.29, 1.82) is 0 Å². The Bertz CT molecular complexity index is 222. The molecule has 1 heterocycles. The van der Waals surface area contributed by atoms with E-state index in [2.05, 4.69) is 12.2 Å². The van der Waals surface area contributed by atoms with Gasteiger partial charge in [0.1, 0.15) is 5.76 Å². The largest absolute Gasteiger partial charge is 0.449 e. The van der Waals surface area contributed by atoms with Gasteiger partial charge in [0.2, 0.25) is 0 Å². The number of hydrogen-bond donors (Lipinski definition) is 1. The third kappa shape index (κ3) is 2.24. The minimum atomic E-state index is 0.382. The normalized spacial score (nSPS) is 13.4. The molecule has 1 aromatic heterocycles. The Morgan fingerprint density at radius 3 is 2.82 bits per heavy atom. The van der Waals surface area contributed by atoms with E-state index in [0.29, 0.717) is 11.1 Å². The lowest BCUT2D eigenvalue weighted by Crippen LogP contribution is -2.13. The maximum Gasteiger partial charge on any atom is 0.193 e. The van der Waals surface area contributed by atoms with E-state index in [0.717, 1.165) is 12.3 Å². The van der Waals surface area contributed by atoms with Crippen LogP contribution in [0.1, 0.15) is 18.6 Å². The Balaban J connectivity index is 2.60. The Morgan fingerprint density at radius 1 is 1.64 bits per heavy atom. The van der Waals surface area contributed by atoms with Crippen molar-refractivity contribution in [3.05, 3.63) is 23.1 Å². The summed E-state index contributed by atoms with van der Waals surface area (Å²) in [4.78, 5) is 0. The second-order valence-electron chi connectivity index (χ2n) is 2.60. The van der Waals surface area contributed by atoms with Gasteiger partial charge in [-0.25, -0.2) is 0 Å². The molecule has 0 fully saturated rings. The van der Waals surface area contributed by atoms with Crippen molar-refractivity contribution in [2.45, 2.75) is 12.8 Å². The molecule has 1 aromatic rings. The summed E-state index contributed by atoms with van der Waals surface area (Å²) in [5, 5.41) is 3.53. The molecule has 1 atom stereocenters. The number of furan rings is 1. The average Bonchev–Trinajstić information content (AvgIpc) is 2.36. The Labute approximate surface area is 71.5 Å². The molecule has 0 aliphatic heterocycles. The molecule has 0 saturated carbocycles. The first kappa shape index (κ1) is 8.62. The fourth-order valence-electron chi connectivity index (χ4n) is 1.000. The Hall–Kier alpha value is -0.470. The van der Waals surface area contributed by atoms with Crippen LogP contribution < -0.4 is 5.32 Å². The molecule has 0 saturated heterocycles. The van der Waals surface area contributed by atoms with Gasteiger partial charge in [-0.2, -0.15) is 0 Å². The van der Waals surface area contributed by atoms with Crippen molar-refractivity contribution in [2.75, 3.05) is 13.6 Å². The fourth-order valence-corrected chi connectivity index (χ4v) is 1.15. The Morgan fingerprint density at radius 2 is 2.36 bits per heavy atom. The van der Waals surface area contributed by atoms with E-state index in [1.54, 1.807) is 6.07 Å². The molecule has 3 heteroatoms. The molecule has 1 N–H and O–H groups in total. The molecule has 0 amide bonds. The van der Waals surface area contributed by atoms with Gasteiger partial charge in [-0.3, -0.25) is 0 Å². The maximum atomic E-state index is 5.62. The maximum absolute atomic E-state index is 5.62. The van der Waals surface area contributed by atoms with Gasteiger partial charge in [0.25, 0.3) is 0 Å². The van der Waals surface area contributed by atoms with Gasteiger partial charge in [-0.05, 0) is 30.8 Å². The summed E-state index contributed by atoms with van der Waals surface area (Å²) in [5.41, 5.74) is 0. The predicted octanol–water partition coefficient (Wildman–Crippen LogP) is 2.26. The molecule has 1 unspecified atom stereocenters. The van der Waals surface area contributed by atoms with E-state index in [4.69, 9.17) is 16.0 Å². The van der Waals surface area contributed by atoms with Crippen LogP contribution in [0.3, 0.4) is 0 Å². The smallest absolute Gasteiger partial charge is 0.193 e. The Kier molecular flexibility index (Phi) is 2.97. The van der Waals surface area contributed by atoms with Gasteiger partial charge in [0.05, 0.1) is 0 Å². The van der Waals surface area contributed by atoms with Crippen molar-refractivity contribution in [3.63, 3.8) is 0 Å². The first-order valence-corrected chi connectivity index (χ1v) is 4.01. The monoisotopic (exact) mass is 173 g/mol. The highest BCUT2D eigenvalue weighted by molar-refractivity contribution is 6.28. The van der Waals surface area contributed by atoms with Crippen LogP contribution in [0.5, 0.6) is 0 Å². The standard InChI is InChI=1S/C8H12ClNO/c1-6(5-10-2)7-3-4-8(9)11-7/h3-4,6,10H,5H2,1-2H3. The van der Waals surface area contributed by atoms with E-state index in [-0.39, 0.29) is 0 Å². The topological polar surface area (TPSA) is 25.2 Å². The van der Waals surface area contributed by atoms with Crippen molar-refractivity contribution in [2.24, 2.45) is 0 Å². The first-order valence-electron chi connectivity index (χ1n) is 3.64. The summed E-state index contributed by atoms with van der Waals surface area (Å²) >= 11 is 5.62. The van der Waals surface area contributed by atoms with Gasteiger partial charge < -0.3 is 9.73 Å². The summed E-state index contributed by atoms with van der Waals surface area (Å²) in [7, 11) is 1.92. The molecule has 1 rings (SSSR count). The molecule has 0 radical (unpaired) electrons. The second-order valence-corrected chi connectivity index (χ2v) is 2.97. The molecule has 2 nitrogen and oxygen atoms in total. The number of nitrogens with one attached hydrogen (secondary N) is 1. The van der Waals surface area contributed by atoms with E-state index < -0.39 is 0 Å². The van der Waals surface area contributed by atoms with Crippen LogP contribution in [0, 0.1) is 0 Å². The van der Waals surface area contributed by atoms with Crippen LogP contribution in [0.25, 0.3) is 0 Å². The number of likely N-dealkylation sites (N-methyl/N-ethyl adjacent to an activating group) is 1. The minimum Gasteiger partial charge on any atom is -0.449 e. The zero-order valence-electron chi connectivity index (χ0n) is 6.73. The van der Waals surface area contributed by atoms with Gasteiger partial charge >= 0.3 is 0 Å². The number of rotatable bonds is 3. The van der Waals surface area contributed by atoms with E-state index in [1.165, 1.54) is 0 Å². The van der Waals surface area contributed by atoms with Gasteiger partial charge in [0, 0.05) is 12.5 Å². The number of hydrogen-bond acceptors (Lipinski definition) is 2. The summed E-state index contributed by atoms with van der Waals surface area (Å²) in [6, 6.07) is 3.67. The van der Waals surface area contributed by atoms with Crippen LogP contribution in [-0.2, 0) is 0 Å². The van der Waals surface area contributed by atoms with E-state index >= 15 is 0 Å². The number of halogens is 1. The molecular weight excluding hydrogens is 162 g/mol. The second kappa shape index (κ2) is 3.79. The van der Waals surface area contributed by atoms with Gasteiger partial charge in [-0.1, -0.05) is 6.92 Å². The van der Waals surface area contributed by atoms with Gasteiger partial charge in [-0.15, -0.1) is 0 Å². The fraction of sp³-hybridized carbons (Fsp3) is 0.500. The lowest BCUT2D eigenvalue weighted by atomic mass is 10.1.